The molecule has 9 nitrogen and oxygen atoms in total. The summed E-state index contributed by atoms with van der Waals surface area (Å²) in [6.45, 7) is 7.77. The summed E-state index contributed by atoms with van der Waals surface area (Å²) in [5.74, 6) is 0.726. The maximum atomic E-state index is 14.6. The largest absolute Gasteiger partial charge is 0.497 e. The molecule has 6 rings (SSSR count). The Morgan fingerprint density at radius 2 is 1.85 bits per heavy atom. The van der Waals surface area contributed by atoms with Gasteiger partial charge in [-0.3, -0.25) is 9.59 Å². The van der Waals surface area contributed by atoms with E-state index in [9.17, 15) is 18.0 Å². The van der Waals surface area contributed by atoms with E-state index in [1.807, 2.05) is 30.1 Å². The highest BCUT2D eigenvalue weighted by Gasteiger charge is 2.63. The Bertz CT molecular complexity index is 1760. The molecule has 2 unspecified atom stereocenters. The van der Waals surface area contributed by atoms with Crippen molar-refractivity contribution in [2.75, 3.05) is 33.8 Å². The summed E-state index contributed by atoms with van der Waals surface area (Å²) in [4.78, 5) is 30.0. The lowest BCUT2D eigenvalue weighted by Gasteiger charge is -2.28. The van der Waals surface area contributed by atoms with Crippen LogP contribution in [0.3, 0.4) is 0 Å². The first-order valence-corrected chi connectivity index (χ1v) is 18.4. The van der Waals surface area contributed by atoms with E-state index in [1.54, 1.807) is 27.0 Å². The smallest absolute Gasteiger partial charge is 0.264 e. The second-order valence-corrected chi connectivity index (χ2v) is 15.9. The molecule has 0 spiro atoms. The van der Waals surface area contributed by atoms with Crippen LogP contribution in [0.2, 0.25) is 0 Å². The highest BCUT2D eigenvalue weighted by atomic mass is 32.2. The first-order chi connectivity index (χ1) is 22.1. The number of benzene rings is 2. The monoisotopic (exact) mass is 648 g/mol. The lowest BCUT2D eigenvalue weighted by molar-refractivity contribution is -0.137. The maximum absolute atomic E-state index is 14.6. The Hall–Kier alpha value is -3.37. The number of likely N-dealkylation sites (N-methyl/N-ethyl adjacent to an activating group) is 1. The van der Waals surface area contributed by atoms with Gasteiger partial charge in [0.1, 0.15) is 5.75 Å². The zero-order valence-electron chi connectivity index (χ0n) is 27.8. The minimum absolute atomic E-state index is 0.0517. The van der Waals surface area contributed by atoms with Crippen molar-refractivity contribution >= 4 is 32.7 Å². The van der Waals surface area contributed by atoms with Gasteiger partial charge in [-0.25, -0.2) is 13.1 Å². The number of carbonyl (C=O) groups is 2. The number of methoxy groups -OCH3 is 1. The molecule has 3 aliphatic rings. The number of ether oxygens (including phenoxy) is 1. The highest BCUT2D eigenvalue weighted by molar-refractivity contribution is 7.90. The van der Waals surface area contributed by atoms with Gasteiger partial charge in [0, 0.05) is 54.1 Å². The van der Waals surface area contributed by atoms with Gasteiger partial charge in [-0.05, 0) is 94.0 Å². The quantitative estimate of drug-likeness (QED) is 0.273. The molecular formula is C36H48N4O5S. The van der Waals surface area contributed by atoms with Crippen LogP contribution in [0.25, 0.3) is 22.2 Å². The lowest BCUT2D eigenvalue weighted by atomic mass is 9.81. The summed E-state index contributed by atoms with van der Waals surface area (Å²) in [7, 11) is -0.210. The van der Waals surface area contributed by atoms with Crippen LogP contribution >= 0.6 is 0 Å². The van der Waals surface area contributed by atoms with E-state index in [1.165, 1.54) is 24.8 Å². The topological polar surface area (TPSA) is 110 Å². The molecule has 0 radical (unpaired) electrons. The average Bonchev–Trinajstić information content (AvgIpc) is 3.72. The third kappa shape index (κ3) is 5.61. The fourth-order valence-corrected chi connectivity index (χ4v) is 8.49. The van der Waals surface area contributed by atoms with Crippen LogP contribution in [-0.2, 0) is 21.4 Å². The molecule has 2 aromatic carbocycles. The Balaban J connectivity index is 1.57. The van der Waals surface area contributed by atoms with E-state index >= 15 is 0 Å². The van der Waals surface area contributed by atoms with Crippen molar-refractivity contribution in [1.29, 1.82) is 0 Å². The molecule has 2 N–H and O–H groups in total. The van der Waals surface area contributed by atoms with Gasteiger partial charge in [0.05, 0.1) is 23.5 Å². The van der Waals surface area contributed by atoms with Crippen molar-refractivity contribution in [2.45, 2.75) is 89.3 Å². The summed E-state index contributed by atoms with van der Waals surface area (Å²) >= 11 is 0. The van der Waals surface area contributed by atoms with Crippen molar-refractivity contribution in [3.63, 3.8) is 0 Å². The molecule has 0 saturated heterocycles. The highest BCUT2D eigenvalue weighted by Crippen LogP contribution is 2.66. The van der Waals surface area contributed by atoms with Gasteiger partial charge in [-0.15, -0.1) is 0 Å². The van der Waals surface area contributed by atoms with Crippen molar-refractivity contribution in [1.82, 2.24) is 19.5 Å². The Labute approximate surface area is 273 Å². The number of hydrogen-bond acceptors (Lipinski definition) is 6. The molecule has 2 aliphatic carbocycles. The van der Waals surface area contributed by atoms with Crippen LogP contribution in [-0.4, -0.2) is 68.7 Å². The van der Waals surface area contributed by atoms with E-state index in [0.717, 1.165) is 65.7 Å². The molecule has 1 aromatic heterocycles. The van der Waals surface area contributed by atoms with E-state index in [0.29, 0.717) is 31.1 Å². The second kappa shape index (κ2) is 12.7. The number of fused-ring (bicyclic) bond motifs is 7. The normalized spacial score (nSPS) is 20.9. The summed E-state index contributed by atoms with van der Waals surface area (Å²) in [5.41, 5.74) is 5.24. The number of amides is 2. The molecule has 2 atom stereocenters. The van der Waals surface area contributed by atoms with Gasteiger partial charge in [0.25, 0.3) is 5.91 Å². The Kier molecular flexibility index (Phi) is 8.97. The minimum Gasteiger partial charge on any atom is -0.497 e. The van der Waals surface area contributed by atoms with Crippen LogP contribution < -0.4 is 14.8 Å². The first kappa shape index (κ1) is 32.6. The van der Waals surface area contributed by atoms with Crippen LogP contribution in [0.15, 0.2) is 36.4 Å². The number of carbonyl (C=O) groups excluding carboxylic acids is 2. The fraction of sp³-hybridized carbons (Fsp3) is 0.556. The van der Waals surface area contributed by atoms with Gasteiger partial charge in [0.15, 0.2) is 0 Å². The standard InChI is InChI=1S/C36H48N4O5S/c1-6-17-39(18-16-37-4)35(42)36-21-30(36)29-20-26(45-5)13-15-27(29)33-32(24-10-8-7-9-11-24)28-14-12-25(19-31(28)40(33)22-36)34(41)38-46(43,44)23(2)3/h12-15,19-20,23-24,30,37H,6-11,16-18,21-22H2,1-5H3,(H,38,41). The first-order valence-electron chi connectivity index (χ1n) is 16.9. The molecular weight excluding hydrogens is 600 g/mol. The third-order valence-corrected chi connectivity index (χ3v) is 12.2. The summed E-state index contributed by atoms with van der Waals surface area (Å²) in [5, 5.41) is 3.55. The number of nitrogens with zero attached hydrogens (tertiary/aromatic N) is 2. The molecule has 2 fully saturated rings. The number of nitrogens with one attached hydrogen (secondary N) is 2. The van der Waals surface area contributed by atoms with Crippen molar-refractivity contribution < 1.29 is 22.7 Å². The summed E-state index contributed by atoms with van der Waals surface area (Å²) in [6.07, 6.45) is 7.37. The van der Waals surface area contributed by atoms with Crippen molar-refractivity contribution in [3.8, 4) is 17.0 Å². The predicted octanol–water partition coefficient (Wildman–Crippen LogP) is 5.78. The molecule has 0 bridgehead atoms. The minimum atomic E-state index is -3.80. The molecule has 3 aromatic rings. The number of aromatic nitrogens is 1. The Morgan fingerprint density at radius 3 is 2.52 bits per heavy atom. The average molecular weight is 649 g/mol. The third-order valence-electron chi connectivity index (χ3n) is 10.5. The maximum Gasteiger partial charge on any atom is 0.264 e. The molecule has 1 aliphatic heterocycles. The van der Waals surface area contributed by atoms with Gasteiger partial charge >= 0.3 is 0 Å². The van der Waals surface area contributed by atoms with Gasteiger partial charge in [-0.1, -0.05) is 32.3 Å². The lowest BCUT2D eigenvalue weighted by Crippen LogP contribution is -2.43. The van der Waals surface area contributed by atoms with Crippen molar-refractivity contribution in [3.05, 3.63) is 53.1 Å². The molecule has 2 amide bonds. The van der Waals surface area contributed by atoms with Gasteiger partial charge in [0.2, 0.25) is 15.9 Å². The van der Waals surface area contributed by atoms with E-state index < -0.39 is 26.6 Å². The van der Waals surface area contributed by atoms with Crippen LogP contribution in [0, 0.1) is 5.41 Å². The number of hydrogen-bond donors (Lipinski definition) is 2. The van der Waals surface area contributed by atoms with Crippen LogP contribution in [0.5, 0.6) is 5.75 Å². The molecule has 2 saturated carbocycles. The molecule has 248 valence electrons. The SMILES string of the molecule is CCCN(CCNC)C(=O)C12CC1c1cc(OC)ccc1-c1c(C3CCCCC3)c3ccc(C(=O)NS(=O)(=O)C(C)C)cc3n1C2. The molecule has 46 heavy (non-hydrogen) atoms. The van der Waals surface area contributed by atoms with Crippen LogP contribution in [0.4, 0.5) is 0 Å². The fourth-order valence-electron chi connectivity index (χ4n) is 7.87. The van der Waals surface area contributed by atoms with E-state index in [-0.39, 0.29) is 11.8 Å². The zero-order valence-corrected chi connectivity index (χ0v) is 28.6. The molecule has 2 heterocycles. The van der Waals surface area contributed by atoms with Crippen molar-refractivity contribution in [2.24, 2.45) is 5.41 Å². The number of sulfonamides is 1. The number of rotatable bonds is 11. The predicted molar refractivity (Wildman–Crippen MR) is 182 cm³/mol. The van der Waals surface area contributed by atoms with E-state index in [2.05, 4.69) is 33.7 Å². The second-order valence-electron chi connectivity index (χ2n) is 13.7. The van der Waals surface area contributed by atoms with Gasteiger partial charge < -0.3 is 19.5 Å². The summed E-state index contributed by atoms with van der Waals surface area (Å²) < 4.78 is 35.5. The molecule has 10 heteroatoms. The van der Waals surface area contributed by atoms with E-state index in [4.69, 9.17) is 4.74 Å². The zero-order chi connectivity index (χ0) is 32.8. The summed E-state index contributed by atoms with van der Waals surface area (Å²) in [6, 6.07) is 11.9. The van der Waals surface area contributed by atoms with Crippen LogP contribution in [0.1, 0.15) is 99.0 Å². The van der Waals surface area contributed by atoms with Gasteiger partial charge in [-0.2, -0.15) is 0 Å². The Morgan fingerprint density at radius 1 is 1.09 bits per heavy atom.